The first kappa shape index (κ1) is 23.2. The molecule has 0 saturated heterocycles. The Kier molecular flexibility index (Phi) is 7.21. The van der Waals surface area contributed by atoms with E-state index in [0.29, 0.717) is 17.8 Å². The lowest BCUT2D eigenvalue weighted by atomic mass is 9.62. The predicted octanol–water partition coefficient (Wildman–Crippen LogP) is 7.04. The summed E-state index contributed by atoms with van der Waals surface area (Å²) in [4.78, 5) is 13.1. The molecule has 26 heavy (non-hydrogen) atoms. The molecule has 0 heterocycles. The third-order valence-corrected chi connectivity index (χ3v) is 6.60. The minimum atomic E-state index is -0.583. The Balaban J connectivity index is 3.01. The predicted molar refractivity (Wildman–Crippen MR) is 112 cm³/mol. The molecule has 1 saturated carbocycles. The van der Waals surface area contributed by atoms with Crippen LogP contribution < -0.4 is 0 Å². The maximum atomic E-state index is 13.1. The smallest absolute Gasteiger partial charge is 0.316 e. The zero-order chi connectivity index (χ0) is 20.5. The van der Waals surface area contributed by atoms with E-state index in [9.17, 15) is 4.79 Å². The molecule has 0 radical (unpaired) electrons. The van der Waals surface area contributed by atoms with Crippen LogP contribution in [0.5, 0.6) is 0 Å². The van der Waals surface area contributed by atoms with Crippen molar-refractivity contribution in [2.45, 2.75) is 101 Å². The second-order valence-corrected chi connectivity index (χ2v) is 11.6. The van der Waals surface area contributed by atoms with E-state index in [0.717, 1.165) is 24.8 Å². The van der Waals surface area contributed by atoms with Gasteiger partial charge >= 0.3 is 5.97 Å². The molecule has 1 aliphatic carbocycles. The summed E-state index contributed by atoms with van der Waals surface area (Å²) < 4.78 is 6.17. The first-order valence-corrected chi connectivity index (χ1v) is 10.4. The van der Waals surface area contributed by atoms with Crippen molar-refractivity contribution in [3.8, 4) is 0 Å². The maximum Gasteiger partial charge on any atom is 0.316 e. The van der Waals surface area contributed by atoms with Crippen LogP contribution in [0.15, 0.2) is 12.2 Å². The van der Waals surface area contributed by atoms with Crippen molar-refractivity contribution in [2.75, 3.05) is 0 Å². The van der Waals surface area contributed by atoms with Crippen molar-refractivity contribution in [2.24, 2.45) is 34.0 Å². The standard InChI is InChI=1S/C24H44O2/c1-16(2)15-24(11,17(3)4)21(25)26-20-13-18(22(5,6)7)12-19(14-20)23(8,9)10/h16,18-20H,3,12-15H2,1-2,4-11H3. The molecule has 0 spiro atoms. The zero-order valence-electron chi connectivity index (χ0n) is 19.2. The van der Waals surface area contributed by atoms with Gasteiger partial charge in [0, 0.05) is 0 Å². The molecule has 0 amide bonds. The Morgan fingerprint density at radius 1 is 0.962 bits per heavy atom. The molecule has 0 aromatic rings. The average molecular weight is 365 g/mol. The van der Waals surface area contributed by atoms with Crippen LogP contribution in [0, 0.1) is 34.0 Å². The van der Waals surface area contributed by atoms with Crippen molar-refractivity contribution >= 4 is 5.97 Å². The molecule has 2 heteroatoms. The number of carbonyl (C=O) groups excluding carboxylic acids is 1. The first-order chi connectivity index (χ1) is 11.6. The summed E-state index contributed by atoms with van der Waals surface area (Å²) in [5.41, 5.74) is 0.806. The van der Waals surface area contributed by atoms with Gasteiger partial charge in [0.15, 0.2) is 0 Å². The van der Waals surface area contributed by atoms with Crippen LogP contribution in [0.25, 0.3) is 0 Å². The molecule has 152 valence electrons. The molecule has 0 aromatic heterocycles. The molecule has 1 fully saturated rings. The highest BCUT2D eigenvalue weighted by molar-refractivity contribution is 5.80. The summed E-state index contributed by atoms with van der Waals surface area (Å²) in [7, 11) is 0. The number of rotatable bonds is 5. The molecule has 3 atom stereocenters. The summed E-state index contributed by atoms with van der Waals surface area (Å²) in [5.74, 6) is 1.52. The summed E-state index contributed by atoms with van der Waals surface area (Å²) >= 11 is 0. The number of hydrogen-bond donors (Lipinski definition) is 0. The molecule has 0 N–H and O–H groups in total. The SMILES string of the molecule is C=C(C)C(C)(CC(C)C)C(=O)OC1CC(C(C)(C)C)CC(C(C)(C)C)C1. The van der Waals surface area contributed by atoms with E-state index in [2.05, 4.69) is 62.0 Å². The maximum absolute atomic E-state index is 13.1. The van der Waals surface area contributed by atoms with Crippen LogP contribution >= 0.6 is 0 Å². The first-order valence-electron chi connectivity index (χ1n) is 10.4. The second kappa shape index (κ2) is 8.07. The van der Waals surface area contributed by atoms with Crippen molar-refractivity contribution < 1.29 is 9.53 Å². The summed E-state index contributed by atoms with van der Waals surface area (Å²) in [6, 6.07) is 0. The Morgan fingerprint density at radius 2 is 1.38 bits per heavy atom. The van der Waals surface area contributed by atoms with Crippen LogP contribution in [0.1, 0.15) is 94.9 Å². The van der Waals surface area contributed by atoms with Gasteiger partial charge in [-0.15, -0.1) is 0 Å². The monoisotopic (exact) mass is 364 g/mol. The molecule has 1 aliphatic rings. The largest absolute Gasteiger partial charge is 0.462 e. The fourth-order valence-electron chi connectivity index (χ4n) is 4.31. The van der Waals surface area contributed by atoms with Gasteiger partial charge in [0.05, 0.1) is 5.41 Å². The Labute approximate surface area is 163 Å². The van der Waals surface area contributed by atoms with Crippen molar-refractivity contribution in [1.29, 1.82) is 0 Å². The van der Waals surface area contributed by atoms with Crippen molar-refractivity contribution in [3.63, 3.8) is 0 Å². The van der Waals surface area contributed by atoms with Crippen LogP contribution in [0.2, 0.25) is 0 Å². The van der Waals surface area contributed by atoms with Crippen LogP contribution in [-0.2, 0) is 9.53 Å². The van der Waals surface area contributed by atoms with Crippen LogP contribution in [0.3, 0.4) is 0 Å². The lowest BCUT2D eigenvalue weighted by Gasteiger charge is -2.46. The van der Waals surface area contributed by atoms with E-state index in [1.54, 1.807) is 0 Å². The third-order valence-electron chi connectivity index (χ3n) is 6.60. The van der Waals surface area contributed by atoms with Crippen molar-refractivity contribution in [1.82, 2.24) is 0 Å². The van der Waals surface area contributed by atoms with Gasteiger partial charge < -0.3 is 4.74 Å². The van der Waals surface area contributed by atoms with Crippen molar-refractivity contribution in [3.05, 3.63) is 12.2 Å². The number of hydrogen-bond acceptors (Lipinski definition) is 2. The lowest BCUT2D eigenvalue weighted by Crippen LogP contribution is -2.42. The lowest BCUT2D eigenvalue weighted by molar-refractivity contribution is -0.164. The fourth-order valence-corrected chi connectivity index (χ4v) is 4.31. The number of esters is 1. The van der Waals surface area contributed by atoms with Gasteiger partial charge in [-0.05, 0) is 68.1 Å². The van der Waals surface area contributed by atoms with E-state index >= 15 is 0 Å². The second-order valence-electron chi connectivity index (χ2n) is 11.6. The fraction of sp³-hybridized carbons (Fsp3) is 0.875. The summed E-state index contributed by atoms with van der Waals surface area (Å²) in [6.45, 7) is 26.3. The van der Waals surface area contributed by atoms with Gasteiger partial charge in [-0.1, -0.05) is 67.5 Å². The van der Waals surface area contributed by atoms with E-state index in [1.807, 2.05) is 13.8 Å². The highest BCUT2D eigenvalue weighted by Gasteiger charge is 2.43. The molecule has 0 aromatic carbocycles. The number of ether oxygens (including phenoxy) is 1. The highest BCUT2D eigenvalue weighted by atomic mass is 16.5. The average Bonchev–Trinajstić information content (AvgIpc) is 2.43. The molecule has 2 nitrogen and oxygen atoms in total. The van der Waals surface area contributed by atoms with Gasteiger partial charge in [0.2, 0.25) is 0 Å². The number of carbonyl (C=O) groups is 1. The van der Waals surface area contributed by atoms with E-state index < -0.39 is 5.41 Å². The van der Waals surface area contributed by atoms with E-state index in [-0.39, 0.29) is 22.9 Å². The Hall–Kier alpha value is -0.790. The molecular weight excluding hydrogens is 320 g/mol. The third kappa shape index (κ3) is 5.86. The highest BCUT2D eigenvalue weighted by Crippen LogP contribution is 2.47. The molecule has 3 unspecified atom stereocenters. The van der Waals surface area contributed by atoms with Gasteiger partial charge in [-0.3, -0.25) is 4.79 Å². The van der Waals surface area contributed by atoms with Gasteiger partial charge in [0.1, 0.15) is 6.10 Å². The molecule has 0 aliphatic heterocycles. The summed E-state index contributed by atoms with van der Waals surface area (Å²) in [5, 5.41) is 0. The zero-order valence-corrected chi connectivity index (χ0v) is 19.2. The summed E-state index contributed by atoms with van der Waals surface area (Å²) in [6.07, 6.45) is 4.01. The quantitative estimate of drug-likeness (QED) is 0.386. The van der Waals surface area contributed by atoms with Crippen LogP contribution in [-0.4, -0.2) is 12.1 Å². The Bertz CT molecular complexity index is 481. The van der Waals surface area contributed by atoms with Gasteiger partial charge in [-0.2, -0.15) is 0 Å². The normalized spacial score (nSPS) is 27.1. The minimum Gasteiger partial charge on any atom is -0.462 e. The Morgan fingerprint density at radius 3 is 1.69 bits per heavy atom. The minimum absolute atomic E-state index is 0.0236. The van der Waals surface area contributed by atoms with Crippen LogP contribution in [0.4, 0.5) is 0 Å². The van der Waals surface area contributed by atoms with Gasteiger partial charge in [0.25, 0.3) is 0 Å². The molecule has 1 rings (SSSR count). The van der Waals surface area contributed by atoms with E-state index in [1.165, 1.54) is 6.42 Å². The van der Waals surface area contributed by atoms with E-state index in [4.69, 9.17) is 4.74 Å². The van der Waals surface area contributed by atoms with Gasteiger partial charge in [-0.25, -0.2) is 0 Å². The molecule has 0 bridgehead atoms. The topological polar surface area (TPSA) is 26.3 Å². The molecular formula is C24H44O2.